The van der Waals surface area contributed by atoms with E-state index in [4.69, 9.17) is 0 Å². The third kappa shape index (κ3) is 2.64. The number of aryl methyl sites for hydroxylation is 2. The highest BCUT2D eigenvalue weighted by Crippen LogP contribution is 2.25. The summed E-state index contributed by atoms with van der Waals surface area (Å²) in [6, 6.07) is 8.35. The number of para-hydroxylation sites is 1. The maximum absolute atomic E-state index is 4.20. The van der Waals surface area contributed by atoms with Crippen molar-refractivity contribution in [3.05, 3.63) is 41.2 Å². The maximum atomic E-state index is 4.20. The normalized spacial score (nSPS) is 10.5. The van der Waals surface area contributed by atoms with Crippen molar-refractivity contribution in [2.75, 3.05) is 11.6 Å². The molecule has 0 unspecified atom stereocenters. The van der Waals surface area contributed by atoms with Crippen LogP contribution in [0.4, 0.5) is 5.69 Å². The first-order valence-electron chi connectivity index (χ1n) is 5.59. The molecule has 90 valence electrons. The van der Waals surface area contributed by atoms with Gasteiger partial charge in [0.1, 0.15) is 0 Å². The van der Waals surface area contributed by atoms with Crippen LogP contribution in [0.3, 0.4) is 0 Å². The summed E-state index contributed by atoms with van der Waals surface area (Å²) in [5.74, 6) is 0. The van der Waals surface area contributed by atoms with Crippen LogP contribution in [0.2, 0.25) is 0 Å². The second-order valence-corrected chi connectivity index (χ2v) is 4.81. The van der Waals surface area contributed by atoms with E-state index in [1.807, 2.05) is 6.92 Å². The van der Waals surface area contributed by atoms with Crippen LogP contribution in [0.1, 0.15) is 17.0 Å². The van der Waals surface area contributed by atoms with Crippen molar-refractivity contribution in [3.63, 3.8) is 0 Å². The first kappa shape index (κ1) is 12.0. The number of hydrogen-bond donors (Lipinski definition) is 2. The van der Waals surface area contributed by atoms with E-state index in [9.17, 15) is 0 Å². The van der Waals surface area contributed by atoms with E-state index in [0.717, 1.165) is 17.9 Å². The molecule has 0 atom stereocenters. The molecular weight excluding hydrogens is 230 g/mol. The van der Waals surface area contributed by atoms with Gasteiger partial charge in [-0.15, -0.1) is 11.8 Å². The zero-order valence-corrected chi connectivity index (χ0v) is 11.2. The van der Waals surface area contributed by atoms with E-state index in [2.05, 4.69) is 53.0 Å². The van der Waals surface area contributed by atoms with Crippen molar-refractivity contribution < 1.29 is 0 Å². The molecule has 0 amide bonds. The minimum Gasteiger partial charge on any atom is -0.380 e. The number of aromatic amines is 1. The second-order valence-electron chi connectivity index (χ2n) is 3.97. The van der Waals surface area contributed by atoms with Crippen LogP contribution in [-0.4, -0.2) is 16.5 Å². The Morgan fingerprint density at radius 1 is 1.29 bits per heavy atom. The summed E-state index contributed by atoms with van der Waals surface area (Å²) in [4.78, 5) is 1.27. The molecule has 1 heterocycles. The molecule has 0 saturated heterocycles. The highest BCUT2D eigenvalue weighted by Gasteiger charge is 2.06. The van der Waals surface area contributed by atoms with Gasteiger partial charge in [-0.1, -0.05) is 12.1 Å². The molecule has 0 saturated carbocycles. The largest absolute Gasteiger partial charge is 0.380 e. The average molecular weight is 247 g/mol. The Kier molecular flexibility index (Phi) is 3.74. The average Bonchev–Trinajstić information content (AvgIpc) is 2.67. The summed E-state index contributed by atoms with van der Waals surface area (Å²) in [5.41, 5.74) is 4.63. The molecule has 2 rings (SSSR count). The van der Waals surface area contributed by atoms with Crippen LogP contribution >= 0.6 is 11.8 Å². The fraction of sp³-hybridized carbons (Fsp3) is 0.308. The number of nitrogens with zero attached hydrogens (tertiary/aromatic N) is 1. The van der Waals surface area contributed by atoms with Gasteiger partial charge in [0.25, 0.3) is 0 Å². The summed E-state index contributed by atoms with van der Waals surface area (Å²) in [7, 11) is 0. The number of nitrogens with one attached hydrogen (secondary N) is 2. The Morgan fingerprint density at radius 3 is 2.71 bits per heavy atom. The number of hydrogen-bond acceptors (Lipinski definition) is 3. The Labute approximate surface area is 106 Å². The summed E-state index contributed by atoms with van der Waals surface area (Å²) in [6.07, 6.45) is 2.09. The zero-order chi connectivity index (χ0) is 12.3. The number of anilines is 1. The quantitative estimate of drug-likeness (QED) is 0.814. The van der Waals surface area contributed by atoms with Crippen LogP contribution in [0.25, 0.3) is 0 Å². The first-order valence-corrected chi connectivity index (χ1v) is 6.82. The molecule has 0 radical (unpaired) electrons. The van der Waals surface area contributed by atoms with Gasteiger partial charge in [0.05, 0.1) is 5.69 Å². The number of benzene rings is 1. The Morgan fingerprint density at radius 2 is 2.06 bits per heavy atom. The van der Waals surface area contributed by atoms with Crippen LogP contribution in [0.15, 0.2) is 29.2 Å². The second kappa shape index (κ2) is 5.27. The smallest absolute Gasteiger partial charge is 0.0643 e. The van der Waals surface area contributed by atoms with Gasteiger partial charge < -0.3 is 5.32 Å². The number of H-pyrrole nitrogens is 1. The molecule has 0 bridgehead atoms. The molecule has 0 aliphatic rings. The molecule has 2 aromatic rings. The van der Waals surface area contributed by atoms with Gasteiger partial charge in [0.2, 0.25) is 0 Å². The molecule has 1 aromatic carbocycles. The number of rotatable bonds is 4. The summed E-state index contributed by atoms with van der Waals surface area (Å²) < 4.78 is 0. The van der Waals surface area contributed by atoms with Gasteiger partial charge in [-0.25, -0.2) is 0 Å². The van der Waals surface area contributed by atoms with E-state index in [1.165, 1.54) is 16.1 Å². The van der Waals surface area contributed by atoms with Crippen molar-refractivity contribution >= 4 is 17.4 Å². The van der Waals surface area contributed by atoms with Gasteiger partial charge in [0.15, 0.2) is 0 Å². The topological polar surface area (TPSA) is 40.7 Å². The predicted octanol–water partition coefficient (Wildman–Crippen LogP) is 3.36. The maximum Gasteiger partial charge on any atom is 0.0643 e. The number of thioether (sulfide) groups is 1. The van der Waals surface area contributed by atoms with Gasteiger partial charge in [-0.05, 0) is 32.2 Å². The number of aromatic nitrogens is 2. The van der Waals surface area contributed by atoms with Crippen LogP contribution < -0.4 is 5.32 Å². The molecule has 0 spiro atoms. The zero-order valence-electron chi connectivity index (χ0n) is 10.4. The standard InChI is InChI=1S/C13H17N3S/c1-9-11(10(2)16-15-9)8-14-12-6-4-5-7-13(12)17-3/h4-7,14H,8H2,1-3H3,(H,15,16). The lowest BCUT2D eigenvalue weighted by Crippen LogP contribution is -2.02. The molecule has 0 aliphatic heterocycles. The lowest BCUT2D eigenvalue weighted by Gasteiger charge is -2.10. The molecular formula is C13H17N3S. The predicted molar refractivity (Wildman–Crippen MR) is 73.6 cm³/mol. The molecule has 4 heteroatoms. The van der Waals surface area contributed by atoms with Crippen molar-refractivity contribution in [2.45, 2.75) is 25.3 Å². The minimum absolute atomic E-state index is 0.811. The summed E-state index contributed by atoms with van der Waals surface area (Å²) >= 11 is 1.76. The van der Waals surface area contributed by atoms with Gasteiger partial charge in [-0.3, -0.25) is 5.10 Å². The van der Waals surface area contributed by atoms with E-state index in [-0.39, 0.29) is 0 Å². The van der Waals surface area contributed by atoms with Gasteiger partial charge in [-0.2, -0.15) is 5.10 Å². The molecule has 0 fully saturated rings. The Hall–Kier alpha value is -1.42. The van der Waals surface area contributed by atoms with E-state index in [0.29, 0.717) is 0 Å². The fourth-order valence-corrected chi connectivity index (χ4v) is 2.38. The lowest BCUT2D eigenvalue weighted by atomic mass is 10.2. The van der Waals surface area contributed by atoms with Crippen molar-refractivity contribution in [1.29, 1.82) is 0 Å². The van der Waals surface area contributed by atoms with E-state index in [1.54, 1.807) is 11.8 Å². The molecule has 3 nitrogen and oxygen atoms in total. The molecule has 2 N–H and O–H groups in total. The van der Waals surface area contributed by atoms with Crippen molar-refractivity contribution in [2.24, 2.45) is 0 Å². The Balaban J connectivity index is 2.12. The van der Waals surface area contributed by atoms with Crippen molar-refractivity contribution in [3.8, 4) is 0 Å². The van der Waals surface area contributed by atoms with Gasteiger partial charge in [0, 0.05) is 28.4 Å². The summed E-state index contributed by atoms with van der Waals surface area (Å²) in [6.45, 7) is 4.89. The molecule has 0 aliphatic carbocycles. The molecule has 17 heavy (non-hydrogen) atoms. The van der Waals surface area contributed by atoms with Gasteiger partial charge >= 0.3 is 0 Å². The first-order chi connectivity index (χ1) is 8.22. The van der Waals surface area contributed by atoms with Crippen molar-refractivity contribution in [1.82, 2.24) is 10.2 Å². The Bertz CT molecular complexity index is 486. The SMILES string of the molecule is CSc1ccccc1NCc1c(C)n[nH]c1C. The lowest BCUT2D eigenvalue weighted by molar-refractivity contribution is 1.02. The monoisotopic (exact) mass is 247 g/mol. The van der Waals surface area contributed by atoms with E-state index < -0.39 is 0 Å². The highest BCUT2D eigenvalue weighted by molar-refractivity contribution is 7.98. The van der Waals surface area contributed by atoms with E-state index >= 15 is 0 Å². The van der Waals surface area contributed by atoms with Crippen LogP contribution in [0.5, 0.6) is 0 Å². The van der Waals surface area contributed by atoms with Crippen LogP contribution in [0, 0.1) is 13.8 Å². The minimum atomic E-state index is 0.811. The fourth-order valence-electron chi connectivity index (χ4n) is 1.81. The third-order valence-electron chi connectivity index (χ3n) is 2.84. The highest BCUT2D eigenvalue weighted by atomic mass is 32.2. The molecule has 1 aromatic heterocycles. The summed E-state index contributed by atoms with van der Waals surface area (Å²) in [5, 5.41) is 10.7. The van der Waals surface area contributed by atoms with Crippen LogP contribution in [-0.2, 0) is 6.54 Å². The third-order valence-corrected chi connectivity index (χ3v) is 3.64.